The largest absolute Gasteiger partial charge is 0.352 e. The zero-order valence-electron chi connectivity index (χ0n) is 20.2. The molecule has 35 heavy (non-hydrogen) atoms. The number of carbonyl (C=O) groups is 1. The summed E-state index contributed by atoms with van der Waals surface area (Å²) >= 11 is 5.95. The van der Waals surface area contributed by atoms with Crippen LogP contribution in [0.5, 0.6) is 0 Å². The van der Waals surface area contributed by atoms with Crippen molar-refractivity contribution in [3.8, 4) is 0 Å². The Bertz CT molecular complexity index is 1220. The number of nitrogens with one attached hydrogen (secondary N) is 1. The van der Waals surface area contributed by atoms with E-state index < -0.39 is 9.84 Å². The molecule has 1 aliphatic rings. The molecule has 0 aliphatic heterocycles. The summed E-state index contributed by atoms with van der Waals surface area (Å²) in [6.45, 7) is 0.0904. The molecule has 5 nitrogen and oxygen atoms in total. The Hall–Kier alpha value is -2.31. The molecular weight excluding hydrogens is 480 g/mol. The number of fused-ring (bicyclic) bond motifs is 1. The van der Waals surface area contributed by atoms with Gasteiger partial charge >= 0.3 is 0 Å². The van der Waals surface area contributed by atoms with E-state index in [1.807, 2.05) is 18.2 Å². The van der Waals surface area contributed by atoms with Crippen molar-refractivity contribution < 1.29 is 13.2 Å². The Morgan fingerprint density at radius 2 is 1.43 bits per heavy atom. The second-order valence-corrected chi connectivity index (χ2v) is 12.0. The SMILES string of the molecule is O=C(Cn1cc(S(=O)(=O)c2ccc(Cl)cc2)c2ccccc21)NC1CCCCCCCCCCC1. The van der Waals surface area contributed by atoms with Crippen molar-refractivity contribution in [1.82, 2.24) is 9.88 Å². The Morgan fingerprint density at radius 3 is 2.06 bits per heavy atom. The second kappa shape index (κ2) is 12.1. The van der Waals surface area contributed by atoms with Gasteiger partial charge in [0.25, 0.3) is 0 Å². The molecule has 1 N–H and O–H groups in total. The number of carbonyl (C=O) groups excluding carboxylic acids is 1. The van der Waals surface area contributed by atoms with Crippen LogP contribution in [0.4, 0.5) is 0 Å². The van der Waals surface area contributed by atoms with E-state index in [1.165, 1.54) is 57.1 Å². The second-order valence-electron chi connectivity index (χ2n) is 9.62. The van der Waals surface area contributed by atoms with Crippen LogP contribution in [0.1, 0.15) is 70.6 Å². The first kappa shape index (κ1) is 25.8. The highest BCUT2D eigenvalue weighted by molar-refractivity contribution is 7.91. The first-order valence-corrected chi connectivity index (χ1v) is 14.7. The smallest absolute Gasteiger partial charge is 0.240 e. The summed E-state index contributed by atoms with van der Waals surface area (Å²) in [5.41, 5.74) is 0.730. The number of hydrogen-bond acceptors (Lipinski definition) is 3. The van der Waals surface area contributed by atoms with Crippen LogP contribution in [-0.2, 0) is 21.2 Å². The number of halogens is 1. The summed E-state index contributed by atoms with van der Waals surface area (Å²) in [5.74, 6) is -0.0710. The maximum Gasteiger partial charge on any atom is 0.240 e. The summed E-state index contributed by atoms with van der Waals surface area (Å²) < 4.78 is 28.6. The monoisotopic (exact) mass is 514 g/mol. The number of benzene rings is 2. The molecule has 1 aromatic heterocycles. The van der Waals surface area contributed by atoms with E-state index in [4.69, 9.17) is 11.6 Å². The van der Waals surface area contributed by atoms with E-state index in [2.05, 4.69) is 5.32 Å². The zero-order chi connectivity index (χ0) is 24.7. The van der Waals surface area contributed by atoms with Gasteiger partial charge in [0.15, 0.2) is 0 Å². The molecule has 0 atom stereocenters. The summed E-state index contributed by atoms with van der Waals surface area (Å²) in [7, 11) is -3.76. The predicted octanol–water partition coefficient (Wildman–Crippen LogP) is 6.92. The fourth-order valence-electron chi connectivity index (χ4n) is 5.03. The average molecular weight is 515 g/mol. The van der Waals surface area contributed by atoms with Crippen LogP contribution >= 0.6 is 11.6 Å². The maximum absolute atomic E-state index is 13.4. The quantitative estimate of drug-likeness (QED) is 0.402. The van der Waals surface area contributed by atoms with E-state index in [1.54, 1.807) is 29.0 Å². The van der Waals surface area contributed by atoms with E-state index in [0.29, 0.717) is 10.4 Å². The fraction of sp³-hybridized carbons (Fsp3) is 0.464. The lowest BCUT2D eigenvalue weighted by Gasteiger charge is -2.20. The van der Waals surface area contributed by atoms with Gasteiger partial charge in [-0.05, 0) is 43.2 Å². The van der Waals surface area contributed by atoms with Crippen LogP contribution in [0.3, 0.4) is 0 Å². The zero-order valence-corrected chi connectivity index (χ0v) is 21.8. The number of aromatic nitrogens is 1. The van der Waals surface area contributed by atoms with Crippen molar-refractivity contribution in [3.63, 3.8) is 0 Å². The molecule has 0 bridgehead atoms. The van der Waals surface area contributed by atoms with Crippen LogP contribution in [0, 0.1) is 0 Å². The molecule has 4 rings (SSSR count). The predicted molar refractivity (Wildman–Crippen MR) is 142 cm³/mol. The molecule has 1 saturated carbocycles. The lowest BCUT2D eigenvalue weighted by atomic mass is 9.98. The van der Waals surface area contributed by atoms with Crippen molar-refractivity contribution >= 4 is 38.2 Å². The van der Waals surface area contributed by atoms with Gasteiger partial charge in [0.2, 0.25) is 15.7 Å². The number of sulfone groups is 1. The summed E-state index contributed by atoms with van der Waals surface area (Å²) in [5, 5.41) is 4.34. The first-order chi connectivity index (χ1) is 16.9. The minimum atomic E-state index is -3.76. The summed E-state index contributed by atoms with van der Waals surface area (Å²) in [6, 6.07) is 13.7. The molecule has 1 fully saturated rings. The van der Waals surface area contributed by atoms with Crippen LogP contribution in [0.25, 0.3) is 10.9 Å². The minimum Gasteiger partial charge on any atom is -0.352 e. The molecule has 1 amide bonds. The molecule has 2 aromatic carbocycles. The molecule has 3 aromatic rings. The Balaban J connectivity index is 1.52. The van der Waals surface area contributed by atoms with Gasteiger partial charge in [0.1, 0.15) is 6.54 Å². The Morgan fingerprint density at radius 1 is 0.857 bits per heavy atom. The van der Waals surface area contributed by atoms with Crippen molar-refractivity contribution in [2.45, 2.75) is 93.0 Å². The summed E-state index contributed by atoms with van der Waals surface area (Å²) in [4.78, 5) is 13.5. The first-order valence-electron chi connectivity index (χ1n) is 12.8. The topological polar surface area (TPSA) is 68.2 Å². The molecule has 1 heterocycles. The molecule has 0 unspecified atom stereocenters. The van der Waals surface area contributed by atoms with E-state index in [-0.39, 0.29) is 28.3 Å². The van der Waals surface area contributed by atoms with Crippen LogP contribution in [0.2, 0.25) is 5.02 Å². The summed E-state index contributed by atoms with van der Waals surface area (Å²) in [6.07, 6.45) is 14.9. The average Bonchev–Trinajstić information content (AvgIpc) is 3.20. The van der Waals surface area contributed by atoms with Gasteiger partial charge in [-0.3, -0.25) is 4.79 Å². The third kappa shape index (κ3) is 6.68. The van der Waals surface area contributed by atoms with E-state index >= 15 is 0 Å². The highest BCUT2D eigenvalue weighted by Gasteiger charge is 2.24. The van der Waals surface area contributed by atoms with Gasteiger partial charge < -0.3 is 9.88 Å². The van der Waals surface area contributed by atoms with Crippen LogP contribution in [0.15, 0.2) is 64.5 Å². The molecule has 0 radical (unpaired) electrons. The number of hydrogen-bond donors (Lipinski definition) is 1. The van der Waals surface area contributed by atoms with E-state index in [0.717, 1.165) is 31.2 Å². The van der Waals surface area contributed by atoms with Gasteiger partial charge in [-0.1, -0.05) is 87.6 Å². The lowest BCUT2D eigenvalue weighted by molar-refractivity contribution is -0.122. The molecule has 188 valence electrons. The molecule has 1 aliphatic carbocycles. The Kier molecular flexibility index (Phi) is 8.90. The van der Waals surface area contributed by atoms with Crippen LogP contribution < -0.4 is 5.32 Å². The normalized spacial score (nSPS) is 16.9. The standard InChI is InChI=1S/C28H35ClN2O3S/c29-22-16-18-24(19-17-22)35(33,34)27-20-31(26-15-11-10-14-25(26)27)21-28(32)30-23-12-8-6-4-2-1-3-5-7-9-13-23/h10-11,14-20,23H,1-9,12-13,21H2,(H,30,32). The number of rotatable bonds is 5. The van der Waals surface area contributed by atoms with Gasteiger partial charge in [-0.2, -0.15) is 0 Å². The van der Waals surface area contributed by atoms with Crippen molar-refractivity contribution in [2.75, 3.05) is 0 Å². The third-order valence-corrected chi connectivity index (χ3v) is 9.00. The molecule has 0 spiro atoms. The van der Waals surface area contributed by atoms with E-state index in [9.17, 15) is 13.2 Å². The van der Waals surface area contributed by atoms with Gasteiger partial charge in [0.05, 0.1) is 9.79 Å². The Labute approximate surface area is 213 Å². The fourth-order valence-corrected chi connectivity index (χ4v) is 6.64. The number of nitrogens with zero attached hydrogens (tertiary/aromatic N) is 1. The highest BCUT2D eigenvalue weighted by Crippen LogP contribution is 2.30. The lowest BCUT2D eigenvalue weighted by Crippen LogP contribution is -2.37. The highest BCUT2D eigenvalue weighted by atomic mass is 35.5. The minimum absolute atomic E-state index is 0.0710. The van der Waals surface area contributed by atoms with Crippen molar-refractivity contribution in [2.24, 2.45) is 0 Å². The van der Waals surface area contributed by atoms with Gasteiger partial charge in [-0.15, -0.1) is 0 Å². The number of para-hydroxylation sites is 1. The molecule has 0 saturated heterocycles. The van der Waals surface area contributed by atoms with Gasteiger partial charge in [0, 0.05) is 28.2 Å². The van der Waals surface area contributed by atoms with Crippen LogP contribution in [-0.4, -0.2) is 24.9 Å². The van der Waals surface area contributed by atoms with Crippen molar-refractivity contribution in [1.29, 1.82) is 0 Å². The maximum atomic E-state index is 13.4. The molecule has 7 heteroatoms. The van der Waals surface area contributed by atoms with Crippen molar-refractivity contribution in [3.05, 3.63) is 59.8 Å². The van der Waals surface area contributed by atoms with Gasteiger partial charge in [-0.25, -0.2) is 8.42 Å². The molecular formula is C28H35ClN2O3S. The third-order valence-electron chi connectivity index (χ3n) is 6.95. The number of amides is 1.